The molecule has 110 valence electrons. The van der Waals surface area contributed by atoms with Crippen LogP contribution in [0.5, 0.6) is 0 Å². The van der Waals surface area contributed by atoms with E-state index in [4.69, 9.17) is 27.9 Å². The molecule has 0 aliphatic heterocycles. The maximum Gasteiger partial charge on any atom is 0.310 e. The second-order valence-electron chi connectivity index (χ2n) is 5.74. The van der Waals surface area contributed by atoms with Crippen LogP contribution >= 0.6 is 23.2 Å². The van der Waals surface area contributed by atoms with Crippen molar-refractivity contribution < 1.29 is 14.6 Å². The number of benzene rings is 1. The number of carbonyl (C=O) groups excluding carboxylic acids is 1. The van der Waals surface area contributed by atoms with Crippen LogP contribution in [0.1, 0.15) is 19.4 Å². The Bertz CT molecular complexity index is 473. The van der Waals surface area contributed by atoms with E-state index in [-0.39, 0.29) is 29.8 Å². The molecule has 0 bridgehead atoms. The van der Waals surface area contributed by atoms with E-state index in [1.54, 1.807) is 0 Å². The highest BCUT2D eigenvalue weighted by atomic mass is 35.5. The zero-order valence-corrected chi connectivity index (χ0v) is 12.9. The van der Waals surface area contributed by atoms with E-state index in [0.29, 0.717) is 0 Å². The van der Waals surface area contributed by atoms with Crippen molar-refractivity contribution in [3.8, 4) is 0 Å². The maximum absolute atomic E-state index is 12.1. The Kier molecular flexibility index (Phi) is 4.62. The zero-order valence-electron chi connectivity index (χ0n) is 11.4. The van der Waals surface area contributed by atoms with Crippen LogP contribution in [0.3, 0.4) is 0 Å². The number of alkyl halides is 2. The van der Waals surface area contributed by atoms with Crippen molar-refractivity contribution in [3.05, 3.63) is 35.9 Å². The van der Waals surface area contributed by atoms with Gasteiger partial charge in [-0.05, 0) is 11.0 Å². The van der Waals surface area contributed by atoms with Crippen LogP contribution in [0, 0.1) is 17.3 Å². The number of rotatable bonds is 5. The van der Waals surface area contributed by atoms with Gasteiger partial charge in [0.1, 0.15) is 11.4 Å². The lowest BCUT2D eigenvalue weighted by Crippen LogP contribution is -2.22. The number of aliphatic hydroxyl groups excluding tert-OH is 1. The smallest absolute Gasteiger partial charge is 0.310 e. The highest BCUT2D eigenvalue weighted by Crippen LogP contribution is 2.61. The van der Waals surface area contributed by atoms with Crippen molar-refractivity contribution in [1.82, 2.24) is 0 Å². The normalized spacial score (nSPS) is 25.3. The summed E-state index contributed by atoms with van der Waals surface area (Å²) in [4.78, 5) is 11.2. The van der Waals surface area contributed by atoms with Gasteiger partial charge < -0.3 is 9.84 Å². The predicted molar refractivity (Wildman–Crippen MR) is 78.5 cm³/mol. The fraction of sp³-hybridized carbons (Fsp3) is 0.533. The van der Waals surface area contributed by atoms with Crippen LogP contribution in [0.4, 0.5) is 0 Å². The number of esters is 1. The summed E-state index contributed by atoms with van der Waals surface area (Å²) in [5.41, 5.74) is 0.596. The van der Waals surface area contributed by atoms with Gasteiger partial charge in [-0.25, -0.2) is 0 Å². The number of hydrogen-bond donors (Lipinski definition) is 1. The monoisotopic (exact) mass is 316 g/mol. The van der Waals surface area contributed by atoms with Crippen LogP contribution in [0.2, 0.25) is 0 Å². The summed E-state index contributed by atoms with van der Waals surface area (Å²) in [6.07, 6.45) is -0.914. The van der Waals surface area contributed by atoms with Crippen molar-refractivity contribution in [1.29, 1.82) is 0 Å². The molecule has 0 saturated heterocycles. The molecule has 0 spiro atoms. The fourth-order valence-electron chi connectivity index (χ4n) is 2.74. The minimum atomic E-state index is -0.914. The summed E-state index contributed by atoms with van der Waals surface area (Å²) in [6, 6.07) is 9.48. The molecule has 1 fully saturated rings. The van der Waals surface area contributed by atoms with Gasteiger partial charge in [-0.15, -0.1) is 23.2 Å². The molecule has 1 aromatic carbocycles. The van der Waals surface area contributed by atoms with E-state index in [9.17, 15) is 9.90 Å². The Morgan fingerprint density at radius 2 is 1.95 bits per heavy atom. The first-order valence-electron chi connectivity index (χ1n) is 6.52. The highest BCUT2D eigenvalue weighted by Gasteiger charge is 2.66. The number of ether oxygens (including phenoxy) is 1. The third-order valence-corrected chi connectivity index (χ3v) is 4.53. The molecular formula is C15H18Cl2O3. The summed E-state index contributed by atoms with van der Waals surface area (Å²) < 4.78 is 5.31. The van der Waals surface area contributed by atoms with Crippen LogP contribution in [0.25, 0.3) is 0 Å². The summed E-state index contributed by atoms with van der Waals surface area (Å²) in [5, 5.41) is 9.93. The second kappa shape index (κ2) is 5.92. The highest BCUT2D eigenvalue weighted by molar-refractivity contribution is 6.44. The zero-order chi connectivity index (χ0) is 14.9. The lowest BCUT2D eigenvalue weighted by Gasteiger charge is -2.12. The minimum Gasteiger partial charge on any atom is -0.461 e. The number of halogens is 2. The van der Waals surface area contributed by atoms with E-state index in [1.165, 1.54) is 0 Å². The molecule has 1 saturated carbocycles. The molecular weight excluding hydrogens is 299 g/mol. The van der Waals surface area contributed by atoms with Gasteiger partial charge in [0.05, 0.1) is 12.0 Å². The quantitative estimate of drug-likeness (QED) is 0.670. The van der Waals surface area contributed by atoms with E-state index in [2.05, 4.69) is 0 Å². The maximum atomic E-state index is 12.1. The Morgan fingerprint density at radius 1 is 1.35 bits per heavy atom. The van der Waals surface area contributed by atoms with Gasteiger partial charge in [0, 0.05) is 5.92 Å². The largest absolute Gasteiger partial charge is 0.461 e. The Hall–Kier alpha value is -0.770. The van der Waals surface area contributed by atoms with E-state index in [0.717, 1.165) is 5.56 Å². The molecule has 1 N–H and O–H groups in total. The van der Waals surface area contributed by atoms with Crippen molar-refractivity contribution >= 4 is 29.2 Å². The average molecular weight is 317 g/mol. The molecule has 1 aliphatic carbocycles. The third kappa shape index (κ3) is 3.11. The van der Waals surface area contributed by atoms with Crippen LogP contribution in [0.15, 0.2) is 30.3 Å². The van der Waals surface area contributed by atoms with E-state index < -0.39 is 10.9 Å². The second-order valence-corrected chi connectivity index (χ2v) is 6.91. The fourth-order valence-corrected chi connectivity index (χ4v) is 3.05. The molecule has 0 radical (unpaired) electrons. The molecule has 0 heterocycles. The van der Waals surface area contributed by atoms with Crippen LogP contribution < -0.4 is 0 Å². The van der Waals surface area contributed by atoms with Gasteiger partial charge in [-0.3, -0.25) is 4.79 Å². The van der Waals surface area contributed by atoms with Gasteiger partial charge >= 0.3 is 5.97 Å². The first kappa shape index (κ1) is 15.6. The topological polar surface area (TPSA) is 46.5 Å². The SMILES string of the molecule is CC1(C)C(C(=O)OCc2ccccc2)C1C(O)C(Cl)Cl. The van der Waals surface area contributed by atoms with Gasteiger partial charge in [-0.1, -0.05) is 44.2 Å². The molecule has 1 aliphatic rings. The van der Waals surface area contributed by atoms with Crippen molar-refractivity contribution in [2.45, 2.75) is 31.4 Å². The summed E-state index contributed by atoms with van der Waals surface area (Å²) in [7, 11) is 0. The first-order chi connectivity index (χ1) is 9.35. The molecule has 3 nitrogen and oxygen atoms in total. The van der Waals surface area contributed by atoms with Crippen molar-refractivity contribution in [2.24, 2.45) is 17.3 Å². The molecule has 2 rings (SSSR count). The number of carbonyl (C=O) groups is 1. The number of hydrogen-bond acceptors (Lipinski definition) is 3. The summed E-state index contributed by atoms with van der Waals surface area (Å²) >= 11 is 11.4. The molecule has 3 unspecified atom stereocenters. The summed E-state index contributed by atoms with van der Waals surface area (Å²) in [5.74, 6) is -0.927. The molecule has 0 aromatic heterocycles. The van der Waals surface area contributed by atoms with Gasteiger partial charge in [0.2, 0.25) is 0 Å². The van der Waals surface area contributed by atoms with Crippen LogP contribution in [-0.2, 0) is 16.1 Å². The van der Waals surface area contributed by atoms with Crippen LogP contribution in [-0.4, -0.2) is 22.0 Å². The molecule has 0 amide bonds. The Balaban J connectivity index is 1.93. The Morgan fingerprint density at radius 3 is 2.50 bits per heavy atom. The average Bonchev–Trinajstić information content (AvgIpc) is 2.99. The predicted octanol–water partition coefficient (Wildman–Crippen LogP) is 3.17. The van der Waals surface area contributed by atoms with Gasteiger partial charge in [-0.2, -0.15) is 0 Å². The molecule has 20 heavy (non-hydrogen) atoms. The first-order valence-corrected chi connectivity index (χ1v) is 7.39. The summed E-state index contributed by atoms with van der Waals surface area (Å²) in [6.45, 7) is 4.05. The van der Waals surface area contributed by atoms with Gasteiger partial charge in [0.25, 0.3) is 0 Å². The molecule has 1 aromatic rings. The molecule has 3 atom stereocenters. The lowest BCUT2D eigenvalue weighted by atomic mass is 10.1. The Labute approximate surface area is 128 Å². The third-order valence-electron chi connectivity index (χ3n) is 4.01. The van der Waals surface area contributed by atoms with E-state index >= 15 is 0 Å². The number of aliphatic hydroxyl groups is 1. The lowest BCUT2D eigenvalue weighted by molar-refractivity contribution is -0.147. The van der Waals surface area contributed by atoms with Crippen molar-refractivity contribution in [3.63, 3.8) is 0 Å². The minimum absolute atomic E-state index is 0.236. The van der Waals surface area contributed by atoms with Gasteiger partial charge in [0.15, 0.2) is 0 Å². The van der Waals surface area contributed by atoms with Crippen molar-refractivity contribution in [2.75, 3.05) is 0 Å². The standard InChI is InChI=1S/C15H18Cl2O3/c1-15(2)10(12(18)13(16)17)11(15)14(19)20-8-9-6-4-3-5-7-9/h3-7,10-13,18H,8H2,1-2H3. The van der Waals surface area contributed by atoms with E-state index in [1.807, 2.05) is 44.2 Å². The molecule has 5 heteroatoms.